The highest BCUT2D eigenvalue weighted by atomic mass is 35.5. The van der Waals surface area contributed by atoms with Gasteiger partial charge in [0.1, 0.15) is 0 Å². The van der Waals surface area contributed by atoms with Crippen molar-refractivity contribution in [1.82, 2.24) is 4.72 Å². The fourth-order valence-electron chi connectivity index (χ4n) is 3.22. The van der Waals surface area contributed by atoms with Crippen LogP contribution in [0.25, 0.3) is 0 Å². The van der Waals surface area contributed by atoms with Crippen molar-refractivity contribution < 1.29 is 13.2 Å². The third-order valence-electron chi connectivity index (χ3n) is 4.86. The first kappa shape index (κ1) is 17.5. The molecule has 1 heterocycles. The third kappa shape index (κ3) is 3.37. The van der Waals surface area contributed by atoms with Crippen LogP contribution in [0.4, 0.5) is 5.69 Å². The molecule has 0 unspecified atom stereocenters. The van der Waals surface area contributed by atoms with Gasteiger partial charge < -0.3 is 4.90 Å². The predicted octanol–water partition coefficient (Wildman–Crippen LogP) is 3.12. The first-order valence-electron chi connectivity index (χ1n) is 8.63. The van der Waals surface area contributed by atoms with Crippen molar-refractivity contribution in [2.24, 2.45) is 5.92 Å². The Hall–Kier alpha value is -1.89. The summed E-state index contributed by atoms with van der Waals surface area (Å²) in [5.41, 5.74) is 2.46. The summed E-state index contributed by atoms with van der Waals surface area (Å²) in [6.07, 6.45) is 2.61. The summed E-state index contributed by atoms with van der Waals surface area (Å²) < 4.78 is 27.8. The molecule has 0 bridgehead atoms. The summed E-state index contributed by atoms with van der Waals surface area (Å²) in [7, 11) is -3.65. The number of hydrogen-bond donors (Lipinski definition) is 1. The van der Waals surface area contributed by atoms with E-state index in [1.807, 2.05) is 6.07 Å². The molecule has 7 heteroatoms. The van der Waals surface area contributed by atoms with E-state index in [9.17, 15) is 13.2 Å². The van der Waals surface area contributed by atoms with Crippen LogP contribution in [0.5, 0.6) is 0 Å². The Morgan fingerprint density at radius 1 is 1.19 bits per heavy atom. The zero-order valence-electron chi connectivity index (χ0n) is 14.1. The summed E-state index contributed by atoms with van der Waals surface area (Å²) in [6.45, 7) is 0.757. The van der Waals surface area contributed by atoms with Gasteiger partial charge in [-0.2, -0.15) is 0 Å². The van der Waals surface area contributed by atoms with Crippen LogP contribution in [0.15, 0.2) is 47.4 Å². The second-order valence-corrected chi connectivity index (χ2v) is 8.89. The third-order valence-corrected chi connectivity index (χ3v) is 6.63. The summed E-state index contributed by atoms with van der Waals surface area (Å²) in [6, 6.07) is 12.1. The first-order valence-corrected chi connectivity index (χ1v) is 10.5. The number of fused-ring (bicyclic) bond motifs is 1. The zero-order valence-corrected chi connectivity index (χ0v) is 15.7. The van der Waals surface area contributed by atoms with Gasteiger partial charge in [0.25, 0.3) is 0 Å². The minimum Gasteiger partial charge on any atom is -0.312 e. The van der Waals surface area contributed by atoms with E-state index in [2.05, 4.69) is 4.72 Å². The van der Waals surface area contributed by atoms with Crippen LogP contribution in [-0.4, -0.2) is 20.9 Å². The average Bonchev–Trinajstić information content (AvgIpc) is 3.39. The molecule has 4 rings (SSSR count). The highest BCUT2D eigenvalue weighted by Crippen LogP contribution is 2.37. The van der Waals surface area contributed by atoms with Crippen molar-refractivity contribution in [2.75, 3.05) is 11.4 Å². The number of carbonyl (C=O) groups is 1. The highest BCUT2D eigenvalue weighted by Gasteiger charge is 2.36. The molecule has 0 aromatic heterocycles. The molecular weight excluding hydrogens is 372 g/mol. The van der Waals surface area contributed by atoms with E-state index in [0.717, 1.165) is 29.7 Å². The van der Waals surface area contributed by atoms with Gasteiger partial charge >= 0.3 is 0 Å². The van der Waals surface area contributed by atoms with E-state index in [0.29, 0.717) is 18.0 Å². The van der Waals surface area contributed by atoms with Gasteiger partial charge in [0.15, 0.2) is 0 Å². The van der Waals surface area contributed by atoms with Gasteiger partial charge in [-0.1, -0.05) is 29.8 Å². The minimum atomic E-state index is -3.65. The number of nitrogens with zero attached hydrogens (tertiary/aromatic N) is 1. The van der Waals surface area contributed by atoms with E-state index in [1.165, 1.54) is 0 Å². The van der Waals surface area contributed by atoms with Crippen LogP contribution in [-0.2, 0) is 27.8 Å². The van der Waals surface area contributed by atoms with E-state index >= 15 is 0 Å². The van der Waals surface area contributed by atoms with Crippen LogP contribution in [0.3, 0.4) is 0 Å². The molecule has 1 saturated carbocycles. The summed E-state index contributed by atoms with van der Waals surface area (Å²) >= 11 is 6.08. The van der Waals surface area contributed by atoms with Gasteiger partial charge in [-0.25, -0.2) is 13.1 Å². The highest BCUT2D eigenvalue weighted by molar-refractivity contribution is 7.89. The van der Waals surface area contributed by atoms with E-state index in [1.54, 1.807) is 41.3 Å². The van der Waals surface area contributed by atoms with E-state index < -0.39 is 10.0 Å². The Morgan fingerprint density at radius 3 is 2.69 bits per heavy atom. The van der Waals surface area contributed by atoms with Crippen LogP contribution < -0.4 is 9.62 Å². The molecule has 2 aromatic rings. The number of amides is 1. The minimum absolute atomic E-state index is 0.130. The molecule has 1 amide bonds. The van der Waals surface area contributed by atoms with E-state index in [4.69, 9.17) is 11.6 Å². The standard InChI is InChI=1S/C19H19ClN2O3S/c20-17-4-2-1-3-15(17)12-21-26(24,25)16-7-8-18-14(11-16)9-10-22(18)19(23)13-5-6-13/h1-4,7-8,11,13,21H,5-6,9-10,12H2. The number of hydrogen-bond acceptors (Lipinski definition) is 3. The maximum atomic E-state index is 12.6. The SMILES string of the molecule is O=C(C1CC1)N1CCc2cc(S(=O)(=O)NCc3ccccc3Cl)ccc21. The normalized spacial score (nSPS) is 16.6. The lowest BCUT2D eigenvalue weighted by atomic mass is 10.2. The molecule has 1 fully saturated rings. The van der Waals surface area contributed by atoms with Gasteiger partial charge in [0.05, 0.1) is 4.90 Å². The van der Waals surface area contributed by atoms with Crippen LogP contribution in [0.1, 0.15) is 24.0 Å². The number of nitrogens with one attached hydrogen (secondary N) is 1. The molecule has 1 N–H and O–H groups in total. The molecule has 2 aromatic carbocycles. The Labute approximate surface area is 158 Å². The maximum absolute atomic E-state index is 12.6. The van der Waals surface area contributed by atoms with Gasteiger partial charge in [0.2, 0.25) is 15.9 Å². The fraction of sp³-hybridized carbons (Fsp3) is 0.316. The molecule has 0 atom stereocenters. The molecule has 0 saturated heterocycles. The topological polar surface area (TPSA) is 66.5 Å². The molecule has 1 aliphatic carbocycles. The number of anilines is 1. The zero-order chi connectivity index (χ0) is 18.3. The largest absolute Gasteiger partial charge is 0.312 e. The molecule has 1 aliphatic heterocycles. The lowest BCUT2D eigenvalue weighted by Gasteiger charge is -2.17. The second kappa shape index (κ2) is 6.68. The van der Waals surface area contributed by atoms with Crippen molar-refractivity contribution in [2.45, 2.75) is 30.7 Å². The molecule has 5 nitrogen and oxygen atoms in total. The smallest absolute Gasteiger partial charge is 0.240 e. The number of carbonyl (C=O) groups excluding carboxylic acids is 1. The predicted molar refractivity (Wildman–Crippen MR) is 101 cm³/mol. The van der Waals surface area contributed by atoms with E-state index in [-0.39, 0.29) is 23.3 Å². The van der Waals surface area contributed by atoms with Crippen molar-refractivity contribution in [3.8, 4) is 0 Å². The van der Waals surface area contributed by atoms with Crippen molar-refractivity contribution in [3.05, 3.63) is 58.6 Å². The molecule has 136 valence electrons. The number of sulfonamides is 1. The van der Waals surface area contributed by atoms with Gasteiger partial charge in [0, 0.05) is 29.7 Å². The Kier molecular flexibility index (Phi) is 4.50. The van der Waals surface area contributed by atoms with Crippen molar-refractivity contribution in [3.63, 3.8) is 0 Å². The maximum Gasteiger partial charge on any atom is 0.240 e. The quantitative estimate of drug-likeness (QED) is 0.852. The Bertz CT molecular complexity index is 970. The van der Waals surface area contributed by atoms with Gasteiger partial charge in [-0.3, -0.25) is 4.79 Å². The summed E-state index contributed by atoms with van der Waals surface area (Å²) in [5.74, 6) is 0.317. The second-order valence-electron chi connectivity index (χ2n) is 6.72. The van der Waals surface area contributed by atoms with Crippen LogP contribution in [0, 0.1) is 5.92 Å². The van der Waals surface area contributed by atoms with Gasteiger partial charge in [-0.05, 0) is 54.7 Å². The lowest BCUT2D eigenvalue weighted by Crippen LogP contribution is -2.30. The van der Waals surface area contributed by atoms with Crippen molar-refractivity contribution >= 4 is 33.2 Å². The average molecular weight is 391 g/mol. The summed E-state index contributed by atoms with van der Waals surface area (Å²) in [5, 5.41) is 0.526. The molecular formula is C19H19ClN2O3S. The van der Waals surface area contributed by atoms with Crippen LogP contribution >= 0.6 is 11.6 Å². The van der Waals surface area contributed by atoms with Crippen molar-refractivity contribution in [1.29, 1.82) is 0 Å². The fourth-order valence-corrected chi connectivity index (χ4v) is 4.48. The van der Waals surface area contributed by atoms with Gasteiger partial charge in [-0.15, -0.1) is 0 Å². The number of halogens is 1. The van der Waals surface area contributed by atoms with Crippen LogP contribution in [0.2, 0.25) is 5.02 Å². The lowest BCUT2D eigenvalue weighted by molar-refractivity contribution is -0.119. The Balaban J connectivity index is 1.52. The monoisotopic (exact) mass is 390 g/mol. The number of benzene rings is 2. The Morgan fingerprint density at radius 2 is 1.96 bits per heavy atom. The summed E-state index contributed by atoms with van der Waals surface area (Å²) in [4.78, 5) is 14.3. The first-order chi connectivity index (χ1) is 12.5. The molecule has 0 spiro atoms. The molecule has 0 radical (unpaired) electrons. The molecule has 26 heavy (non-hydrogen) atoms. The molecule has 2 aliphatic rings. The number of rotatable bonds is 5.